The van der Waals surface area contributed by atoms with E-state index in [0.717, 1.165) is 17.5 Å². The van der Waals surface area contributed by atoms with Gasteiger partial charge in [-0.05, 0) is 82.0 Å². The molecule has 0 amide bonds. The summed E-state index contributed by atoms with van der Waals surface area (Å²) in [4.78, 5) is 11.2. The number of fused-ring (bicyclic) bond motifs is 2. The fourth-order valence-corrected chi connectivity index (χ4v) is 5.20. The Morgan fingerprint density at radius 3 is 2.34 bits per heavy atom. The Hall–Kier alpha value is -3.39. The molecule has 32 heavy (non-hydrogen) atoms. The number of aryl methyl sites for hydroxylation is 1. The maximum absolute atomic E-state index is 11.2. The number of carboxylic acids is 1. The molecule has 0 saturated carbocycles. The number of carbonyl (C=O) groups is 1. The van der Waals surface area contributed by atoms with Gasteiger partial charge in [0.15, 0.2) is 0 Å². The van der Waals surface area contributed by atoms with Crippen molar-refractivity contribution in [2.24, 2.45) is 0 Å². The van der Waals surface area contributed by atoms with Crippen LogP contribution in [0, 0.1) is 6.92 Å². The average molecular weight is 421 g/mol. The van der Waals surface area contributed by atoms with Crippen LogP contribution in [-0.2, 0) is 5.41 Å². The lowest BCUT2D eigenvalue weighted by Crippen LogP contribution is -2.26. The zero-order valence-electron chi connectivity index (χ0n) is 18.9. The summed E-state index contributed by atoms with van der Waals surface area (Å²) in [6, 6.07) is 27.4. The SMILES string of the molecule is Cc1cccc(C2CCC(C)(C)c3cc4ccc(-c5ccc(C(=O)O)cc5)cc4cc32)c1. The minimum atomic E-state index is -0.897. The Kier molecular flexibility index (Phi) is 4.89. The second-order valence-electron chi connectivity index (χ2n) is 9.77. The van der Waals surface area contributed by atoms with Crippen LogP contribution in [0.5, 0.6) is 0 Å². The number of rotatable bonds is 3. The first-order valence-electron chi connectivity index (χ1n) is 11.3. The third-order valence-electron chi connectivity index (χ3n) is 7.08. The second kappa shape index (κ2) is 7.63. The molecule has 0 aliphatic heterocycles. The zero-order valence-corrected chi connectivity index (χ0v) is 18.9. The molecule has 0 bridgehead atoms. The van der Waals surface area contributed by atoms with Gasteiger partial charge in [-0.1, -0.05) is 80.1 Å². The van der Waals surface area contributed by atoms with Gasteiger partial charge >= 0.3 is 5.97 Å². The predicted octanol–water partition coefficient (Wildman–Crippen LogP) is 7.72. The van der Waals surface area contributed by atoms with E-state index in [1.54, 1.807) is 12.1 Å². The van der Waals surface area contributed by atoms with Crippen LogP contribution in [0.4, 0.5) is 0 Å². The Morgan fingerprint density at radius 2 is 1.62 bits per heavy atom. The summed E-state index contributed by atoms with van der Waals surface area (Å²) >= 11 is 0. The van der Waals surface area contributed by atoms with Crippen LogP contribution in [0.15, 0.2) is 78.9 Å². The Balaban J connectivity index is 1.64. The minimum Gasteiger partial charge on any atom is -0.478 e. The molecule has 1 unspecified atom stereocenters. The monoisotopic (exact) mass is 420 g/mol. The second-order valence-corrected chi connectivity index (χ2v) is 9.77. The molecule has 0 saturated heterocycles. The normalized spacial score (nSPS) is 17.2. The van der Waals surface area contributed by atoms with Gasteiger partial charge in [-0.3, -0.25) is 0 Å². The first kappa shape index (κ1) is 20.5. The predicted molar refractivity (Wildman–Crippen MR) is 132 cm³/mol. The van der Waals surface area contributed by atoms with Crippen LogP contribution in [0.1, 0.15) is 65.2 Å². The van der Waals surface area contributed by atoms with Crippen LogP contribution in [0.25, 0.3) is 21.9 Å². The maximum Gasteiger partial charge on any atom is 0.335 e. The molecule has 0 fully saturated rings. The van der Waals surface area contributed by atoms with Crippen molar-refractivity contribution >= 4 is 16.7 Å². The van der Waals surface area contributed by atoms with E-state index < -0.39 is 5.97 Å². The number of benzene rings is 4. The average Bonchev–Trinajstić information content (AvgIpc) is 2.78. The van der Waals surface area contributed by atoms with Crippen LogP contribution < -0.4 is 0 Å². The topological polar surface area (TPSA) is 37.3 Å². The van der Waals surface area contributed by atoms with E-state index in [2.05, 4.69) is 75.4 Å². The highest BCUT2D eigenvalue weighted by Gasteiger charge is 2.33. The lowest BCUT2D eigenvalue weighted by Gasteiger charge is -2.38. The molecule has 0 radical (unpaired) electrons. The molecular weight excluding hydrogens is 392 g/mol. The zero-order chi connectivity index (χ0) is 22.5. The maximum atomic E-state index is 11.2. The molecule has 160 valence electrons. The van der Waals surface area contributed by atoms with Crippen molar-refractivity contribution in [3.63, 3.8) is 0 Å². The van der Waals surface area contributed by atoms with Gasteiger partial charge in [0, 0.05) is 5.92 Å². The van der Waals surface area contributed by atoms with Crippen LogP contribution >= 0.6 is 0 Å². The summed E-state index contributed by atoms with van der Waals surface area (Å²) in [5.41, 5.74) is 8.23. The molecule has 5 rings (SSSR count). The highest BCUT2D eigenvalue weighted by Crippen LogP contribution is 2.47. The van der Waals surface area contributed by atoms with Crippen LogP contribution in [0.2, 0.25) is 0 Å². The molecule has 4 aromatic rings. The van der Waals surface area contributed by atoms with Crippen molar-refractivity contribution in [1.29, 1.82) is 0 Å². The van der Waals surface area contributed by atoms with E-state index in [-0.39, 0.29) is 5.41 Å². The van der Waals surface area contributed by atoms with Crippen molar-refractivity contribution in [1.82, 2.24) is 0 Å². The highest BCUT2D eigenvalue weighted by atomic mass is 16.4. The highest BCUT2D eigenvalue weighted by molar-refractivity contribution is 5.91. The summed E-state index contributed by atoms with van der Waals surface area (Å²) < 4.78 is 0. The Morgan fingerprint density at radius 1 is 0.875 bits per heavy atom. The fourth-order valence-electron chi connectivity index (χ4n) is 5.20. The van der Waals surface area contributed by atoms with Gasteiger partial charge < -0.3 is 5.11 Å². The summed E-state index contributed by atoms with van der Waals surface area (Å²) in [5.74, 6) is -0.479. The largest absolute Gasteiger partial charge is 0.478 e. The third-order valence-corrected chi connectivity index (χ3v) is 7.08. The van der Waals surface area contributed by atoms with Gasteiger partial charge in [-0.25, -0.2) is 4.79 Å². The number of carboxylic acid groups (broad SMARTS) is 1. The van der Waals surface area contributed by atoms with Gasteiger partial charge in [-0.2, -0.15) is 0 Å². The van der Waals surface area contributed by atoms with E-state index in [1.165, 1.54) is 39.4 Å². The van der Waals surface area contributed by atoms with Crippen molar-refractivity contribution in [2.45, 2.75) is 44.9 Å². The summed E-state index contributed by atoms with van der Waals surface area (Å²) in [6.45, 7) is 6.89. The van der Waals surface area contributed by atoms with Crippen molar-refractivity contribution in [3.05, 3.63) is 107 Å². The molecule has 1 atom stereocenters. The standard InChI is InChI=1S/C30H28O2/c1-19-5-4-6-24(15-19)26-13-14-30(2,3)28-18-23-12-11-22(16-25(23)17-27(26)28)20-7-9-21(10-8-20)29(31)32/h4-12,15-18,26H,13-14H2,1-3H3,(H,31,32). The number of hydrogen-bond donors (Lipinski definition) is 1. The smallest absolute Gasteiger partial charge is 0.335 e. The van der Waals surface area contributed by atoms with Gasteiger partial charge in [0.2, 0.25) is 0 Å². The molecule has 1 N–H and O–H groups in total. The van der Waals surface area contributed by atoms with Gasteiger partial charge in [0.05, 0.1) is 5.56 Å². The fraction of sp³-hybridized carbons (Fsp3) is 0.233. The summed E-state index contributed by atoms with van der Waals surface area (Å²) in [7, 11) is 0. The minimum absolute atomic E-state index is 0.162. The number of aromatic carboxylic acids is 1. The lowest BCUT2D eigenvalue weighted by molar-refractivity contribution is 0.0697. The van der Waals surface area contributed by atoms with Crippen molar-refractivity contribution in [3.8, 4) is 11.1 Å². The molecule has 1 aliphatic carbocycles. The third kappa shape index (κ3) is 3.60. The first-order chi connectivity index (χ1) is 15.3. The van der Waals surface area contributed by atoms with Crippen molar-refractivity contribution in [2.75, 3.05) is 0 Å². The summed E-state index contributed by atoms with van der Waals surface area (Å²) in [5, 5.41) is 11.7. The molecule has 0 heterocycles. The van der Waals surface area contributed by atoms with Gasteiger partial charge in [0.25, 0.3) is 0 Å². The first-order valence-corrected chi connectivity index (χ1v) is 11.3. The van der Waals surface area contributed by atoms with E-state index in [1.807, 2.05) is 12.1 Å². The van der Waals surface area contributed by atoms with Gasteiger partial charge in [0.1, 0.15) is 0 Å². The molecule has 4 aromatic carbocycles. The van der Waals surface area contributed by atoms with Crippen LogP contribution in [-0.4, -0.2) is 11.1 Å². The molecular formula is C30H28O2. The Labute approximate surface area is 189 Å². The number of hydrogen-bond acceptors (Lipinski definition) is 1. The van der Waals surface area contributed by atoms with Gasteiger partial charge in [-0.15, -0.1) is 0 Å². The van der Waals surface area contributed by atoms with E-state index in [9.17, 15) is 9.90 Å². The Bertz CT molecular complexity index is 1330. The van der Waals surface area contributed by atoms with Crippen molar-refractivity contribution < 1.29 is 9.90 Å². The van der Waals surface area contributed by atoms with E-state index in [4.69, 9.17) is 0 Å². The quantitative estimate of drug-likeness (QED) is 0.368. The van der Waals surface area contributed by atoms with E-state index in [0.29, 0.717) is 11.5 Å². The lowest BCUT2D eigenvalue weighted by atomic mass is 9.66. The summed E-state index contributed by atoms with van der Waals surface area (Å²) in [6.07, 6.45) is 2.34. The molecule has 0 spiro atoms. The molecule has 1 aliphatic rings. The molecule has 2 nitrogen and oxygen atoms in total. The molecule has 0 aromatic heterocycles. The van der Waals surface area contributed by atoms with Crippen LogP contribution in [0.3, 0.4) is 0 Å². The van der Waals surface area contributed by atoms with E-state index >= 15 is 0 Å². The molecule has 2 heteroatoms.